The zero-order chi connectivity index (χ0) is 6.85. The van der Waals surface area contributed by atoms with Crippen molar-refractivity contribution in [3.63, 3.8) is 0 Å². The van der Waals surface area contributed by atoms with Gasteiger partial charge in [-0.1, -0.05) is 6.92 Å². The Morgan fingerprint density at radius 1 is 1.44 bits per heavy atom. The molecule has 54 valence electrons. The Kier molecular flexibility index (Phi) is 2.09. The van der Waals surface area contributed by atoms with E-state index in [1.54, 1.807) is 0 Å². The van der Waals surface area contributed by atoms with Crippen LogP contribution in [0.5, 0.6) is 0 Å². The Morgan fingerprint density at radius 2 is 2.11 bits per heavy atom. The van der Waals surface area contributed by atoms with Crippen molar-refractivity contribution in [3.05, 3.63) is 0 Å². The van der Waals surface area contributed by atoms with Gasteiger partial charge in [-0.3, -0.25) is 5.43 Å². The molecule has 0 radical (unpaired) electrons. The highest BCUT2D eigenvalue weighted by Crippen LogP contribution is 2.12. The van der Waals surface area contributed by atoms with Gasteiger partial charge in [-0.05, 0) is 19.3 Å². The molecule has 1 rings (SSSR count). The van der Waals surface area contributed by atoms with Crippen LogP contribution in [0.25, 0.3) is 0 Å². The lowest BCUT2D eigenvalue weighted by atomic mass is 9.99. The SMILES string of the molecule is C[C@H]1CCN(C)N[C@@H]1C. The summed E-state index contributed by atoms with van der Waals surface area (Å²) in [6.45, 7) is 5.72. The maximum atomic E-state index is 3.36. The van der Waals surface area contributed by atoms with Crippen LogP contribution in [0.15, 0.2) is 0 Å². The lowest BCUT2D eigenvalue weighted by molar-refractivity contribution is 0.115. The molecule has 2 heteroatoms. The van der Waals surface area contributed by atoms with E-state index in [9.17, 15) is 0 Å². The van der Waals surface area contributed by atoms with Crippen molar-refractivity contribution >= 4 is 0 Å². The first-order valence-electron chi connectivity index (χ1n) is 3.67. The van der Waals surface area contributed by atoms with Gasteiger partial charge < -0.3 is 0 Å². The van der Waals surface area contributed by atoms with Gasteiger partial charge in [-0.25, -0.2) is 5.01 Å². The number of hydrazine groups is 1. The summed E-state index contributed by atoms with van der Waals surface area (Å²) in [5.41, 5.74) is 3.36. The molecule has 1 saturated heterocycles. The van der Waals surface area contributed by atoms with Gasteiger partial charge in [-0.2, -0.15) is 0 Å². The molecule has 0 aliphatic carbocycles. The number of hydrogen-bond acceptors (Lipinski definition) is 2. The van der Waals surface area contributed by atoms with E-state index in [0.717, 1.165) is 5.92 Å². The largest absolute Gasteiger partial charge is 0.252 e. The van der Waals surface area contributed by atoms with Crippen LogP contribution in [0, 0.1) is 5.92 Å². The van der Waals surface area contributed by atoms with Gasteiger partial charge in [0.15, 0.2) is 0 Å². The van der Waals surface area contributed by atoms with Gasteiger partial charge >= 0.3 is 0 Å². The van der Waals surface area contributed by atoms with E-state index in [1.807, 2.05) is 0 Å². The molecule has 0 bridgehead atoms. The van der Waals surface area contributed by atoms with Gasteiger partial charge in [0.05, 0.1) is 0 Å². The van der Waals surface area contributed by atoms with Gasteiger partial charge in [0.2, 0.25) is 0 Å². The first kappa shape index (κ1) is 7.03. The van der Waals surface area contributed by atoms with E-state index < -0.39 is 0 Å². The highest BCUT2D eigenvalue weighted by Gasteiger charge is 2.18. The summed E-state index contributed by atoms with van der Waals surface area (Å²) in [6.07, 6.45) is 1.32. The number of rotatable bonds is 0. The molecule has 0 aromatic heterocycles. The summed E-state index contributed by atoms with van der Waals surface area (Å²) in [4.78, 5) is 0. The molecule has 0 aromatic rings. The fourth-order valence-electron chi connectivity index (χ4n) is 1.19. The molecule has 9 heavy (non-hydrogen) atoms. The van der Waals surface area contributed by atoms with E-state index in [0.29, 0.717) is 6.04 Å². The molecule has 0 saturated carbocycles. The Labute approximate surface area is 57.2 Å². The van der Waals surface area contributed by atoms with Crippen molar-refractivity contribution in [1.82, 2.24) is 10.4 Å². The summed E-state index contributed by atoms with van der Waals surface area (Å²) < 4.78 is 0. The molecular formula is C7H16N2. The zero-order valence-electron chi connectivity index (χ0n) is 6.52. The third-order valence-corrected chi connectivity index (χ3v) is 2.20. The van der Waals surface area contributed by atoms with Crippen molar-refractivity contribution in [3.8, 4) is 0 Å². The lowest BCUT2D eigenvalue weighted by Gasteiger charge is -2.33. The molecule has 0 aromatic carbocycles. The number of nitrogens with one attached hydrogen (secondary N) is 1. The Hall–Kier alpha value is -0.0800. The van der Waals surface area contributed by atoms with Gasteiger partial charge in [0, 0.05) is 19.6 Å². The minimum Gasteiger partial charge on any atom is -0.252 e. The highest BCUT2D eigenvalue weighted by atomic mass is 15.5. The van der Waals surface area contributed by atoms with Crippen LogP contribution in [-0.2, 0) is 0 Å². The van der Waals surface area contributed by atoms with Gasteiger partial charge in [-0.15, -0.1) is 0 Å². The minimum atomic E-state index is 0.656. The van der Waals surface area contributed by atoms with E-state index in [-0.39, 0.29) is 0 Å². The average Bonchev–Trinajstić information content (AvgIpc) is 1.80. The predicted molar refractivity (Wildman–Crippen MR) is 39.0 cm³/mol. The van der Waals surface area contributed by atoms with Crippen LogP contribution in [0.4, 0.5) is 0 Å². The van der Waals surface area contributed by atoms with Crippen molar-refractivity contribution in [2.45, 2.75) is 26.3 Å². The quantitative estimate of drug-likeness (QED) is 0.520. The molecule has 1 heterocycles. The summed E-state index contributed by atoms with van der Waals surface area (Å²) in [6, 6.07) is 0.656. The lowest BCUT2D eigenvalue weighted by Crippen LogP contribution is -2.49. The third kappa shape index (κ3) is 1.66. The van der Waals surface area contributed by atoms with E-state index in [2.05, 4.69) is 31.3 Å². The second kappa shape index (κ2) is 2.67. The molecule has 1 fully saturated rings. The van der Waals surface area contributed by atoms with Crippen LogP contribution >= 0.6 is 0 Å². The van der Waals surface area contributed by atoms with Crippen LogP contribution in [-0.4, -0.2) is 24.6 Å². The first-order valence-corrected chi connectivity index (χ1v) is 3.67. The van der Waals surface area contributed by atoms with Crippen molar-refractivity contribution in [2.24, 2.45) is 5.92 Å². The predicted octanol–water partition coefficient (Wildman–Crippen LogP) is 0.851. The fourth-order valence-corrected chi connectivity index (χ4v) is 1.19. The third-order valence-electron chi connectivity index (χ3n) is 2.20. The van der Waals surface area contributed by atoms with Crippen LogP contribution in [0.3, 0.4) is 0 Å². The van der Waals surface area contributed by atoms with Crippen LogP contribution < -0.4 is 5.43 Å². The summed E-state index contributed by atoms with van der Waals surface area (Å²) in [5, 5.41) is 2.17. The molecular weight excluding hydrogens is 112 g/mol. The molecule has 2 atom stereocenters. The van der Waals surface area contributed by atoms with Crippen molar-refractivity contribution in [2.75, 3.05) is 13.6 Å². The normalized spacial score (nSPS) is 39.0. The van der Waals surface area contributed by atoms with Crippen molar-refractivity contribution < 1.29 is 0 Å². The minimum absolute atomic E-state index is 0.656. The number of hydrogen-bond donors (Lipinski definition) is 1. The van der Waals surface area contributed by atoms with E-state index >= 15 is 0 Å². The van der Waals surface area contributed by atoms with Crippen LogP contribution in [0.2, 0.25) is 0 Å². The second-order valence-corrected chi connectivity index (χ2v) is 3.11. The average molecular weight is 128 g/mol. The molecule has 1 N–H and O–H groups in total. The maximum absolute atomic E-state index is 3.36. The summed E-state index contributed by atoms with van der Waals surface area (Å²) in [5.74, 6) is 0.834. The van der Waals surface area contributed by atoms with Crippen molar-refractivity contribution in [1.29, 1.82) is 0 Å². The summed E-state index contributed by atoms with van der Waals surface area (Å²) in [7, 11) is 2.10. The fraction of sp³-hybridized carbons (Fsp3) is 1.00. The summed E-state index contributed by atoms with van der Waals surface area (Å²) >= 11 is 0. The monoisotopic (exact) mass is 128 g/mol. The zero-order valence-corrected chi connectivity index (χ0v) is 6.52. The molecule has 1 aliphatic heterocycles. The van der Waals surface area contributed by atoms with E-state index in [1.165, 1.54) is 13.0 Å². The smallest absolute Gasteiger partial charge is 0.0213 e. The molecule has 0 spiro atoms. The molecule has 0 unspecified atom stereocenters. The maximum Gasteiger partial charge on any atom is 0.0213 e. The Morgan fingerprint density at radius 3 is 2.56 bits per heavy atom. The highest BCUT2D eigenvalue weighted by molar-refractivity contribution is 4.72. The Bertz CT molecular complexity index is 92.9. The molecule has 1 aliphatic rings. The number of nitrogens with zero attached hydrogens (tertiary/aromatic N) is 1. The molecule has 0 amide bonds. The van der Waals surface area contributed by atoms with Crippen LogP contribution in [0.1, 0.15) is 20.3 Å². The second-order valence-electron chi connectivity index (χ2n) is 3.11. The van der Waals surface area contributed by atoms with Gasteiger partial charge in [0.1, 0.15) is 0 Å². The topological polar surface area (TPSA) is 15.3 Å². The first-order chi connectivity index (χ1) is 4.20. The standard InChI is InChI=1S/C7H16N2/c1-6-4-5-9(3)8-7(6)2/h6-8H,4-5H2,1-3H3/t6-,7+/m0/s1. The van der Waals surface area contributed by atoms with E-state index in [4.69, 9.17) is 0 Å². The van der Waals surface area contributed by atoms with Gasteiger partial charge in [0.25, 0.3) is 0 Å². The molecule has 2 nitrogen and oxygen atoms in total. The Balaban J connectivity index is 2.35.